The Morgan fingerprint density at radius 2 is 0.933 bits per heavy atom. The van der Waals surface area contributed by atoms with Gasteiger partial charge in [0.05, 0.1) is 23.7 Å². The van der Waals surface area contributed by atoms with Crippen LogP contribution in [0.4, 0.5) is 11.6 Å². The molecule has 7 nitrogen and oxygen atoms in total. The zero-order valence-corrected chi connectivity index (χ0v) is 16.0. The maximum atomic E-state index is 13.1. The molecule has 4 amide bonds. The summed E-state index contributed by atoms with van der Waals surface area (Å²) in [7, 11) is 0. The Balaban J connectivity index is 1.24. The topological polar surface area (TPSA) is 87.7 Å². The van der Waals surface area contributed by atoms with Crippen molar-refractivity contribution < 1.29 is 19.2 Å². The van der Waals surface area contributed by atoms with Crippen LogP contribution in [0.15, 0.2) is 42.5 Å². The first-order valence-corrected chi connectivity index (χ1v) is 10.6. The van der Waals surface area contributed by atoms with Gasteiger partial charge >= 0.3 is 0 Å². The van der Waals surface area contributed by atoms with Gasteiger partial charge in [0, 0.05) is 0 Å². The third-order valence-electron chi connectivity index (χ3n) is 8.12. The summed E-state index contributed by atoms with van der Waals surface area (Å²) >= 11 is 0. The number of hydrogen-bond acceptors (Lipinski definition) is 5. The Morgan fingerprint density at radius 3 is 1.27 bits per heavy atom. The van der Waals surface area contributed by atoms with Gasteiger partial charge < -0.3 is 0 Å². The molecule has 30 heavy (non-hydrogen) atoms. The molecule has 1 aromatic rings. The van der Waals surface area contributed by atoms with Gasteiger partial charge in [-0.2, -0.15) is 0 Å². The van der Waals surface area contributed by atoms with Crippen LogP contribution >= 0.6 is 0 Å². The molecule has 150 valence electrons. The van der Waals surface area contributed by atoms with Crippen LogP contribution in [0.5, 0.6) is 0 Å². The fraction of sp³-hybridized carbons (Fsp3) is 0.435. The molecule has 4 aliphatic carbocycles. The maximum Gasteiger partial charge on any atom is 0.239 e. The number of pyridine rings is 1. The van der Waals surface area contributed by atoms with Crippen molar-refractivity contribution in [3.63, 3.8) is 0 Å². The average Bonchev–Trinajstić information content (AvgIpc) is 3.55. The largest absolute Gasteiger partial charge is 0.274 e. The van der Waals surface area contributed by atoms with Crippen molar-refractivity contribution in [1.82, 2.24) is 4.98 Å². The Kier molecular flexibility index (Phi) is 2.96. The molecule has 0 N–H and O–H groups in total. The number of hydrogen-bond donors (Lipinski definition) is 0. The van der Waals surface area contributed by atoms with Gasteiger partial charge in [-0.05, 0) is 48.6 Å². The predicted octanol–water partition coefficient (Wildman–Crippen LogP) is 1.70. The highest BCUT2D eigenvalue weighted by molar-refractivity contribution is 6.24. The zero-order valence-electron chi connectivity index (χ0n) is 16.0. The molecule has 2 aliphatic heterocycles. The predicted molar refractivity (Wildman–Crippen MR) is 105 cm³/mol. The summed E-state index contributed by atoms with van der Waals surface area (Å²) in [5.41, 5.74) is 0. The number of aromatic nitrogens is 1. The van der Waals surface area contributed by atoms with Crippen molar-refractivity contribution >= 4 is 35.3 Å². The molecule has 1 aromatic heterocycles. The monoisotopic (exact) mass is 401 g/mol. The van der Waals surface area contributed by atoms with Crippen LogP contribution in [-0.2, 0) is 19.2 Å². The lowest BCUT2D eigenvalue weighted by atomic mass is 9.85. The number of anilines is 2. The van der Waals surface area contributed by atoms with Gasteiger partial charge in [-0.1, -0.05) is 30.4 Å². The number of nitrogens with zero attached hydrogens (tertiary/aromatic N) is 3. The van der Waals surface area contributed by atoms with Crippen molar-refractivity contribution in [2.45, 2.75) is 12.8 Å². The van der Waals surface area contributed by atoms with Crippen LogP contribution in [0.3, 0.4) is 0 Å². The van der Waals surface area contributed by atoms with Gasteiger partial charge in [-0.15, -0.1) is 0 Å². The molecule has 7 rings (SSSR count). The Labute approximate surface area is 172 Å². The third kappa shape index (κ3) is 1.80. The summed E-state index contributed by atoms with van der Waals surface area (Å²) in [5.74, 6) is -1.23. The number of rotatable bonds is 2. The van der Waals surface area contributed by atoms with Crippen molar-refractivity contribution in [1.29, 1.82) is 0 Å². The summed E-state index contributed by atoms with van der Waals surface area (Å²) in [6.07, 6.45) is 9.92. The van der Waals surface area contributed by atoms with E-state index >= 15 is 0 Å². The molecule has 2 saturated heterocycles. The number of allylic oxidation sites excluding steroid dienone is 4. The second-order valence-electron chi connectivity index (χ2n) is 9.38. The number of carbonyl (C=O) groups is 4. The van der Waals surface area contributed by atoms with Crippen LogP contribution in [-0.4, -0.2) is 28.6 Å². The molecule has 6 aliphatic rings. The van der Waals surface area contributed by atoms with E-state index in [-0.39, 0.29) is 82.6 Å². The van der Waals surface area contributed by atoms with E-state index in [0.29, 0.717) is 0 Å². The van der Waals surface area contributed by atoms with Gasteiger partial charge in [0.15, 0.2) is 0 Å². The highest BCUT2D eigenvalue weighted by Gasteiger charge is 2.61. The van der Waals surface area contributed by atoms with Crippen molar-refractivity contribution in [2.75, 3.05) is 9.80 Å². The molecule has 0 aromatic carbocycles. The molecular weight excluding hydrogens is 382 g/mol. The first-order chi connectivity index (χ1) is 14.5. The van der Waals surface area contributed by atoms with Crippen LogP contribution in [0, 0.1) is 47.3 Å². The minimum absolute atomic E-state index is 0.119. The standard InChI is InChI=1S/C23H19N3O4/c27-20-16-10-4-5-11(8-10)17(16)21(28)25(20)14-2-1-3-15(24-14)26-22(29)18-12-6-7-13(9-12)19(18)23(26)30/h1-7,10-13,16-19H,8-9H2/t10-,11+,12-,13+,16-,17-,18-,19+/m0/s1. The number of carbonyl (C=O) groups excluding carboxylic acids is 4. The van der Waals surface area contributed by atoms with Crippen molar-refractivity contribution in [2.24, 2.45) is 47.3 Å². The van der Waals surface area contributed by atoms with Crippen molar-refractivity contribution in [3.05, 3.63) is 42.5 Å². The lowest BCUT2D eigenvalue weighted by molar-refractivity contribution is -0.124. The zero-order chi connectivity index (χ0) is 20.3. The molecule has 3 heterocycles. The van der Waals surface area contributed by atoms with Crippen molar-refractivity contribution in [3.8, 4) is 0 Å². The first kappa shape index (κ1) is 16.7. The molecule has 0 radical (unpaired) electrons. The number of imide groups is 2. The van der Waals surface area contributed by atoms with Gasteiger partial charge in [0.1, 0.15) is 11.6 Å². The van der Waals surface area contributed by atoms with Gasteiger partial charge in [0.25, 0.3) is 0 Å². The molecule has 8 atom stereocenters. The van der Waals surface area contributed by atoms with E-state index in [1.54, 1.807) is 18.2 Å². The SMILES string of the molecule is O=C1[C@@H]2[C@@H](C(=O)N1c1cccc(N3C(=O)[C@@H]4[C@H](C3=O)[C@@H]3C=C[C@H]4C3)n1)[C@H]1C=C[C@@H]2C1. The Bertz CT molecular complexity index is 980. The highest BCUT2D eigenvalue weighted by atomic mass is 16.2. The van der Waals surface area contributed by atoms with Gasteiger partial charge in [-0.25, -0.2) is 14.8 Å². The normalized spacial score (nSPS) is 42.3. The molecular formula is C23H19N3O4. The van der Waals surface area contributed by atoms with Crippen LogP contribution < -0.4 is 9.80 Å². The Hall–Kier alpha value is -3.09. The van der Waals surface area contributed by atoms with E-state index in [9.17, 15) is 19.2 Å². The molecule has 0 unspecified atom stereocenters. The fourth-order valence-corrected chi connectivity index (χ4v) is 6.92. The molecule has 7 heteroatoms. The van der Waals surface area contributed by atoms with E-state index in [1.807, 2.05) is 24.3 Å². The number of amides is 4. The van der Waals surface area contributed by atoms with E-state index in [2.05, 4.69) is 4.98 Å². The van der Waals surface area contributed by atoms with Crippen LogP contribution in [0.25, 0.3) is 0 Å². The smallest absolute Gasteiger partial charge is 0.239 e. The fourth-order valence-electron chi connectivity index (χ4n) is 6.92. The quantitative estimate of drug-likeness (QED) is 0.556. The minimum Gasteiger partial charge on any atom is -0.274 e. The van der Waals surface area contributed by atoms with Gasteiger partial charge in [-0.3, -0.25) is 19.2 Å². The summed E-state index contributed by atoms with van der Waals surface area (Å²) < 4.78 is 0. The summed E-state index contributed by atoms with van der Waals surface area (Å²) in [6.45, 7) is 0. The van der Waals surface area contributed by atoms with Crippen LogP contribution in [0.1, 0.15) is 12.8 Å². The van der Waals surface area contributed by atoms with E-state index in [1.165, 1.54) is 9.80 Å². The van der Waals surface area contributed by atoms with E-state index in [4.69, 9.17) is 0 Å². The average molecular weight is 401 g/mol. The first-order valence-electron chi connectivity index (χ1n) is 10.6. The second kappa shape index (κ2) is 5.33. The minimum atomic E-state index is -0.311. The summed E-state index contributed by atoms with van der Waals surface area (Å²) in [6, 6.07) is 4.86. The highest BCUT2D eigenvalue weighted by Crippen LogP contribution is 2.54. The molecule has 2 saturated carbocycles. The van der Waals surface area contributed by atoms with E-state index in [0.717, 1.165) is 12.8 Å². The maximum absolute atomic E-state index is 13.1. The second-order valence-corrected chi connectivity index (χ2v) is 9.38. The molecule has 0 spiro atoms. The summed E-state index contributed by atoms with van der Waals surface area (Å²) in [4.78, 5) is 59.1. The van der Waals surface area contributed by atoms with Gasteiger partial charge in [0.2, 0.25) is 23.6 Å². The third-order valence-corrected chi connectivity index (χ3v) is 8.12. The summed E-state index contributed by atoms with van der Waals surface area (Å²) in [5, 5.41) is 0. The van der Waals surface area contributed by atoms with E-state index < -0.39 is 0 Å². The lowest BCUT2D eigenvalue weighted by Gasteiger charge is -2.20. The Morgan fingerprint density at radius 1 is 0.600 bits per heavy atom. The number of fused-ring (bicyclic) bond motifs is 10. The van der Waals surface area contributed by atoms with Crippen LogP contribution in [0.2, 0.25) is 0 Å². The molecule has 4 bridgehead atoms. The molecule has 4 fully saturated rings. The lowest BCUT2D eigenvalue weighted by Crippen LogP contribution is -2.36.